The molecular weight excluding hydrogens is 379 g/mol. The highest BCUT2D eigenvalue weighted by atomic mass is 35.5. The van der Waals surface area contributed by atoms with E-state index in [2.05, 4.69) is 10.0 Å². The summed E-state index contributed by atoms with van der Waals surface area (Å²) in [6.45, 7) is 2.57. The summed E-state index contributed by atoms with van der Waals surface area (Å²) in [4.78, 5) is 1.25. The van der Waals surface area contributed by atoms with Gasteiger partial charge in [-0.05, 0) is 24.1 Å². The summed E-state index contributed by atoms with van der Waals surface area (Å²) >= 11 is 0. The first-order valence-electron chi connectivity index (χ1n) is 7.84. The van der Waals surface area contributed by atoms with Gasteiger partial charge in [-0.25, -0.2) is 13.1 Å². The fraction of sp³-hybridized carbons (Fsp3) is 0.600. The monoisotopic (exact) mass is 401 g/mol. The van der Waals surface area contributed by atoms with Gasteiger partial charge in [-0.2, -0.15) is 13.2 Å². The maximum Gasteiger partial charge on any atom is 0.405 e. The van der Waals surface area contributed by atoms with Crippen molar-refractivity contribution in [3.8, 4) is 0 Å². The number of rotatable bonds is 6. The van der Waals surface area contributed by atoms with Crippen LogP contribution in [0.4, 0.5) is 13.2 Å². The van der Waals surface area contributed by atoms with Crippen molar-refractivity contribution >= 4 is 22.4 Å². The molecule has 1 aromatic rings. The highest BCUT2D eigenvalue weighted by molar-refractivity contribution is 7.89. The van der Waals surface area contributed by atoms with Crippen molar-refractivity contribution in [2.45, 2.75) is 30.5 Å². The lowest BCUT2D eigenvalue weighted by Gasteiger charge is -2.35. The van der Waals surface area contributed by atoms with E-state index in [1.54, 1.807) is 12.1 Å². The number of nitrogens with zero attached hydrogens (tertiary/aromatic N) is 1. The average Bonchev–Trinajstić information content (AvgIpc) is 2.54. The summed E-state index contributed by atoms with van der Waals surface area (Å²) in [5.74, 6) is 0. The molecule has 0 aliphatic carbocycles. The standard InChI is InChI=1S/C15H22F3N3O2S.ClH/c1-2-12-4-3-5-13(10-12)24(22,23)20-11-14(15(16,17)18)21-8-6-19-7-9-21;/h3-5,10,14,19-20H,2,6-9,11H2,1H3;1H. The van der Waals surface area contributed by atoms with Crippen molar-refractivity contribution in [3.63, 3.8) is 0 Å². The van der Waals surface area contributed by atoms with Crippen molar-refractivity contribution in [2.24, 2.45) is 0 Å². The Hall–Kier alpha value is -0.870. The van der Waals surface area contributed by atoms with E-state index in [-0.39, 0.29) is 30.4 Å². The second-order valence-corrected chi connectivity index (χ2v) is 7.46. The van der Waals surface area contributed by atoms with E-state index in [1.807, 2.05) is 6.92 Å². The molecule has 0 aromatic heterocycles. The fourth-order valence-electron chi connectivity index (χ4n) is 2.65. The summed E-state index contributed by atoms with van der Waals surface area (Å²) in [5, 5.41) is 2.98. The van der Waals surface area contributed by atoms with E-state index in [0.29, 0.717) is 19.5 Å². The molecule has 1 heterocycles. The molecule has 1 aliphatic rings. The number of sulfonamides is 1. The van der Waals surface area contributed by atoms with Gasteiger partial charge in [0.15, 0.2) is 0 Å². The predicted octanol–water partition coefficient (Wildman–Crippen LogP) is 1.79. The second kappa shape index (κ2) is 9.18. The Kier molecular flexibility index (Phi) is 8.14. The molecule has 5 nitrogen and oxygen atoms in total. The number of alkyl halides is 3. The molecule has 1 unspecified atom stereocenters. The third-order valence-electron chi connectivity index (χ3n) is 4.05. The van der Waals surface area contributed by atoms with Crippen molar-refractivity contribution in [2.75, 3.05) is 32.7 Å². The van der Waals surface area contributed by atoms with Crippen LogP contribution in [0.15, 0.2) is 29.2 Å². The van der Waals surface area contributed by atoms with Crippen molar-refractivity contribution < 1.29 is 21.6 Å². The molecule has 1 saturated heterocycles. The lowest BCUT2D eigenvalue weighted by atomic mass is 10.2. The van der Waals surface area contributed by atoms with Crippen LogP contribution in [-0.4, -0.2) is 58.3 Å². The molecule has 144 valence electrons. The number of nitrogens with one attached hydrogen (secondary N) is 2. The molecule has 10 heteroatoms. The third-order valence-corrected chi connectivity index (χ3v) is 5.48. The second-order valence-electron chi connectivity index (χ2n) is 5.70. The van der Waals surface area contributed by atoms with Crippen molar-refractivity contribution in [3.05, 3.63) is 29.8 Å². The number of halogens is 4. The van der Waals surface area contributed by atoms with Crippen molar-refractivity contribution in [1.29, 1.82) is 0 Å². The quantitative estimate of drug-likeness (QED) is 0.763. The lowest BCUT2D eigenvalue weighted by molar-refractivity contribution is -0.182. The fourth-order valence-corrected chi connectivity index (χ4v) is 3.76. The van der Waals surface area contributed by atoms with Gasteiger partial charge in [-0.3, -0.25) is 4.90 Å². The van der Waals surface area contributed by atoms with Crippen LogP contribution in [0, 0.1) is 0 Å². The van der Waals surface area contributed by atoms with E-state index in [0.717, 1.165) is 5.56 Å². The van der Waals surface area contributed by atoms with Gasteiger partial charge in [0.05, 0.1) is 4.90 Å². The number of aryl methyl sites for hydroxylation is 1. The van der Waals surface area contributed by atoms with Gasteiger partial charge in [-0.1, -0.05) is 19.1 Å². The molecule has 2 rings (SSSR count). The Morgan fingerprint density at radius 1 is 1.28 bits per heavy atom. The zero-order valence-corrected chi connectivity index (χ0v) is 15.5. The lowest BCUT2D eigenvalue weighted by Crippen LogP contribution is -2.57. The maximum absolute atomic E-state index is 13.3. The highest BCUT2D eigenvalue weighted by Gasteiger charge is 2.44. The normalized spacial score (nSPS) is 17.8. The summed E-state index contributed by atoms with van der Waals surface area (Å²) in [7, 11) is -3.98. The number of benzene rings is 1. The minimum atomic E-state index is -4.49. The van der Waals surface area contributed by atoms with Gasteiger partial charge >= 0.3 is 6.18 Å². The van der Waals surface area contributed by atoms with Gasteiger partial charge in [0.2, 0.25) is 10.0 Å². The Bertz CT molecular complexity index is 650. The summed E-state index contributed by atoms with van der Waals surface area (Å²) in [6, 6.07) is 4.40. The average molecular weight is 402 g/mol. The Morgan fingerprint density at radius 3 is 2.48 bits per heavy atom. The predicted molar refractivity (Wildman–Crippen MR) is 92.5 cm³/mol. The molecule has 0 radical (unpaired) electrons. The SMILES string of the molecule is CCc1cccc(S(=O)(=O)NCC(N2CCNCC2)C(F)(F)F)c1.Cl. The van der Waals surface area contributed by atoms with Crippen LogP contribution in [0.2, 0.25) is 0 Å². The minimum absolute atomic E-state index is 0. The summed E-state index contributed by atoms with van der Waals surface area (Å²) in [5.41, 5.74) is 0.812. The number of piperazine rings is 1. The molecule has 25 heavy (non-hydrogen) atoms. The third kappa shape index (κ3) is 6.10. The first-order valence-corrected chi connectivity index (χ1v) is 9.32. The Balaban J connectivity index is 0.00000312. The van der Waals surface area contributed by atoms with E-state index in [4.69, 9.17) is 0 Å². The molecule has 1 aliphatic heterocycles. The number of hydrogen-bond donors (Lipinski definition) is 2. The highest BCUT2D eigenvalue weighted by Crippen LogP contribution is 2.25. The van der Waals surface area contributed by atoms with E-state index in [9.17, 15) is 21.6 Å². The zero-order valence-electron chi connectivity index (χ0n) is 13.8. The smallest absolute Gasteiger partial charge is 0.314 e. The topological polar surface area (TPSA) is 61.4 Å². The summed E-state index contributed by atoms with van der Waals surface area (Å²) in [6.07, 6.45) is -3.85. The zero-order chi connectivity index (χ0) is 17.8. The Labute approximate surface area is 152 Å². The molecule has 2 N–H and O–H groups in total. The molecule has 1 atom stereocenters. The van der Waals surface area contributed by atoms with Crippen LogP contribution < -0.4 is 10.0 Å². The minimum Gasteiger partial charge on any atom is -0.314 e. The van der Waals surface area contributed by atoms with Crippen LogP contribution in [0.5, 0.6) is 0 Å². The van der Waals surface area contributed by atoms with Crippen LogP contribution in [0.1, 0.15) is 12.5 Å². The molecular formula is C15H23ClF3N3O2S. The van der Waals surface area contributed by atoms with E-state index < -0.39 is 28.8 Å². The summed E-state index contributed by atoms with van der Waals surface area (Å²) < 4.78 is 66.6. The van der Waals surface area contributed by atoms with Crippen LogP contribution in [-0.2, 0) is 16.4 Å². The molecule has 0 amide bonds. The molecule has 0 bridgehead atoms. The molecule has 1 aromatic carbocycles. The van der Waals surface area contributed by atoms with Crippen LogP contribution in [0.25, 0.3) is 0 Å². The van der Waals surface area contributed by atoms with E-state index in [1.165, 1.54) is 17.0 Å². The van der Waals surface area contributed by atoms with Crippen LogP contribution >= 0.6 is 12.4 Å². The Morgan fingerprint density at radius 2 is 1.92 bits per heavy atom. The van der Waals surface area contributed by atoms with Gasteiger partial charge in [0, 0.05) is 32.7 Å². The van der Waals surface area contributed by atoms with Gasteiger partial charge in [-0.15, -0.1) is 12.4 Å². The van der Waals surface area contributed by atoms with Crippen molar-refractivity contribution in [1.82, 2.24) is 14.9 Å². The maximum atomic E-state index is 13.3. The molecule has 0 spiro atoms. The largest absolute Gasteiger partial charge is 0.405 e. The number of hydrogen-bond acceptors (Lipinski definition) is 4. The van der Waals surface area contributed by atoms with E-state index >= 15 is 0 Å². The van der Waals surface area contributed by atoms with Gasteiger partial charge in [0.1, 0.15) is 6.04 Å². The molecule has 1 fully saturated rings. The van der Waals surface area contributed by atoms with Crippen LogP contribution in [0.3, 0.4) is 0 Å². The van der Waals surface area contributed by atoms with Gasteiger partial charge < -0.3 is 5.32 Å². The molecule has 0 saturated carbocycles. The van der Waals surface area contributed by atoms with Gasteiger partial charge in [0.25, 0.3) is 0 Å². The first-order chi connectivity index (χ1) is 11.2. The first kappa shape index (κ1) is 22.2.